The van der Waals surface area contributed by atoms with E-state index < -0.39 is 10.0 Å². The van der Waals surface area contributed by atoms with Crippen molar-refractivity contribution >= 4 is 10.0 Å². The highest BCUT2D eigenvalue weighted by atomic mass is 32.2. The van der Waals surface area contributed by atoms with Crippen LogP contribution in [0, 0.1) is 0 Å². The van der Waals surface area contributed by atoms with Gasteiger partial charge in [0.1, 0.15) is 0 Å². The van der Waals surface area contributed by atoms with Crippen LogP contribution in [0.15, 0.2) is 39.7 Å². The molecule has 0 radical (unpaired) electrons. The molecule has 1 N–H and O–H groups in total. The topological polar surface area (TPSA) is 70.2 Å². The Balaban J connectivity index is 2.31. The molecule has 1 aliphatic rings. The zero-order chi connectivity index (χ0) is 12.5. The van der Waals surface area contributed by atoms with E-state index in [1.165, 1.54) is 28.2 Å². The number of aromatic nitrogens is 1. The highest BCUT2D eigenvalue weighted by Crippen LogP contribution is 2.18. The fourth-order valence-electron chi connectivity index (χ4n) is 1.68. The van der Waals surface area contributed by atoms with Crippen molar-refractivity contribution in [2.75, 3.05) is 13.1 Å². The number of hydrogen-bond acceptors (Lipinski definition) is 3. The molecule has 6 heteroatoms. The first-order chi connectivity index (χ1) is 8.00. The predicted molar refractivity (Wildman–Crippen MR) is 64.2 cm³/mol. The van der Waals surface area contributed by atoms with Gasteiger partial charge in [0.05, 0.1) is 4.90 Å². The van der Waals surface area contributed by atoms with Crippen LogP contribution in [-0.4, -0.2) is 30.8 Å². The lowest BCUT2D eigenvalue weighted by molar-refractivity contribution is 0.431. The summed E-state index contributed by atoms with van der Waals surface area (Å²) in [6.45, 7) is 2.88. The van der Waals surface area contributed by atoms with E-state index in [1.54, 1.807) is 0 Å². The van der Waals surface area contributed by atoms with Crippen LogP contribution >= 0.6 is 0 Å². The highest BCUT2D eigenvalue weighted by molar-refractivity contribution is 7.89. The summed E-state index contributed by atoms with van der Waals surface area (Å²) in [6, 6.07) is 2.55. The molecular formula is C11H14N2O3S. The van der Waals surface area contributed by atoms with Gasteiger partial charge in [-0.15, -0.1) is 0 Å². The van der Waals surface area contributed by atoms with E-state index in [-0.39, 0.29) is 10.5 Å². The van der Waals surface area contributed by atoms with Crippen LogP contribution in [0.3, 0.4) is 0 Å². The van der Waals surface area contributed by atoms with E-state index in [4.69, 9.17) is 0 Å². The summed E-state index contributed by atoms with van der Waals surface area (Å²) in [5.74, 6) is 0. The van der Waals surface area contributed by atoms with Crippen molar-refractivity contribution in [2.45, 2.75) is 18.2 Å². The summed E-state index contributed by atoms with van der Waals surface area (Å²) in [5, 5.41) is 0. The van der Waals surface area contributed by atoms with Gasteiger partial charge in [-0.1, -0.05) is 11.6 Å². The SMILES string of the molecule is CC1=CCN(S(=O)(=O)c2ccc(=O)[nH]c2)CC1. The summed E-state index contributed by atoms with van der Waals surface area (Å²) >= 11 is 0. The summed E-state index contributed by atoms with van der Waals surface area (Å²) in [4.78, 5) is 13.4. The number of nitrogens with zero attached hydrogens (tertiary/aromatic N) is 1. The van der Waals surface area contributed by atoms with Crippen molar-refractivity contribution in [3.8, 4) is 0 Å². The molecule has 92 valence electrons. The van der Waals surface area contributed by atoms with Crippen LogP contribution in [0.1, 0.15) is 13.3 Å². The lowest BCUT2D eigenvalue weighted by Crippen LogP contribution is -2.34. The first-order valence-corrected chi connectivity index (χ1v) is 6.79. The van der Waals surface area contributed by atoms with Gasteiger partial charge in [0.2, 0.25) is 15.6 Å². The van der Waals surface area contributed by atoms with Gasteiger partial charge in [-0.2, -0.15) is 4.31 Å². The van der Waals surface area contributed by atoms with E-state index in [1.807, 2.05) is 13.0 Å². The van der Waals surface area contributed by atoms with E-state index >= 15 is 0 Å². The van der Waals surface area contributed by atoms with Gasteiger partial charge in [-0.25, -0.2) is 8.42 Å². The van der Waals surface area contributed by atoms with Crippen LogP contribution in [0.25, 0.3) is 0 Å². The molecule has 0 bridgehead atoms. The van der Waals surface area contributed by atoms with Crippen molar-refractivity contribution in [3.05, 3.63) is 40.3 Å². The minimum atomic E-state index is -3.48. The van der Waals surface area contributed by atoms with Gasteiger partial charge in [-0.05, 0) is 19.4 Å². The number of rotatable bonds is 2. The van der Waals surface area contributed by atoms with E-state index in [0.29, 0.717) is 13.1 Å². The molecule has 1 aromatic heterocycles. The second-order valence-corrected chi connectivity index (χ2v) is 5.99. The molecule has 0 amide bonds. The van der Waals surface area contributed by atoms with Gasteiger partial charge < -0.3 is 4.98 Å². The summed E-state index contributed by atoms with van der Waals surface area (Å²) in [5.41, 5.74) is 0.899. The quantitative estimate of drug-likeness (QED) is 0.790. The lowest BCUT2D eigenvalue weighted by atomic mass is 10.1. The number of H-pyrrole nitrogens is 1. The monoisotopic (exact) mass is 254 g/mol. The zero-order valence-electron chi connectivity index (χ0n) is 9.51. The highest BCUT2D eigenvalue weighted by Gasteiger charge is 2.25. The minimum Gasteiger partial charge on any atom is -0.328 e. The Hall–Kier alpha value is -1.40. The summed E-state index contributed by atoms with van der Waals surface area (Å²) < 4.78 is 25.8. The van der Waals surface area contributed by atoms with Gasteiger partial charge in [0.15, 0.2) is 0 Å². The number of aromatic amines is 1. The smallest absolute Gasteiger partial charge is 0.247 e. The van der Waals surface area contributed by atoms with Crippen LogP contribution < -0.4 is 5.56 Å². The second kappa shape index (κ2) is 4.46. The number of sulfonamides is 1. The molecule has 0 aromatic carbocycles. The summed E-state index contributed by atoms with van der Waals surface area (Å²) in [7, 11) is -3.48. The first-order valence-electron chi connectivity index (χ1n) is 5.35. The fourth-order valence-corrected chi connectivity index (χ4v) is 3.02. The van der Waals surface area contributed by atoms with Gasteiger partial charge in [0.25, 0.3) is 0 Å². The molecule has 0 saturated carbocycles. The molecule has 17 heavy (non-hydrogen) atoms. The van der Waals surface area contributed by atoms with Gasteiger partial charge in [0, 0.05) is 25.4 Å². The standard InChI is InChI=1S/C11H14N2O3S/c1-9-4-6-13(7-5-9)17(15,16)10-2-3-11(14)12-8-10/h2-4,8H,5-7H2,1H3,(H,12,14). The van der Waals surface area contributed by atoms with E-state index in [9.17, 15) is 13.2 Å². The van der Waals surface area contributed by atoms with Crippen LogP contribution in [0.2, 0.25) is 0 Å². The predicted octanol–water partition coefficient (Wildman–Crippen LogP) is 0.716. The Morgan fingerprint density at radius 1 is 1.35 bits per heavy atom. The number of hydrogen-bond donors (Lipinski definition) is 1. The Kier molecular flexibility index (Phi) is 3.17. The maximum atomic E-state index is 12.2. The third-order valence-electron chi connectivity index (χ3n) is 2.79. The molecule has 5 nitrogen and oxygen atoms in total. The van der Waals surface area contributed by atoms with Crippen LogP contribution in [-0.2, 0) is 10.0 Å². The van der Waals surface area contributed by atoms with Crippen molar-refractivity contribution in [1.29, 1.82) is 0 Å². The number of nitrogens with one attached hydrogen (secondary N) is 1. The van der Waals surface area contributed by atoms with Crippen LogP contribution in [0.4, 0.5) is 0 Å². The van der Waals surface area contributed by atoms with Crippen molar-refractivity contribution < 1.29 is 8.42 Å². The maximum absolute atomic E-state index is 12.2. The maximum Gasteiger partial charge on any atom is 0.247 e. The molecule has 0 saturated heterocycles. The normalized spacial score (nSPS) is 17.8. The van der Waals surface area contributed by atoms with E-state index in [2.05, 4.69) is 4.98 Å². The van der Waals surface area contributed by atoms with Crippen molar-refractivity contribution in [1.82, 2.24) is 9.29 Å². The molecule has 0 spiro atoms. The average molecular weight is 254 g/mol. The van der Waals surface area contributed by atoms with Crippen molar-refractivity contribution in [3.63, 3.8) is 0 Å². The number of pyridine rings is 1. The Morgan fingerprint density at radius 3 is 2.65 bits per heavy atom. The Morgan fingerprint density at radius 2 is 2.12 bits per heavy atom. The van der Waals surface area contributed by atoms with Crippen molar-refractivity contribution in [2.24, 2.45) is 0 Å². The first kappa shape index (κ1) is 12.1. The molecule has 0 aliphatic carbocycles. The molecule has 0 fully saturated rings. The molecule has 2 heterocycles. The molecule has 0 unspecified atom stereocenters. The second-order valence-electron chi connectivity index (χ2n) is 4.05. The average Bonchev–Trinajstić information content (AvgIpc) is 2.30. The lowest BCUT2D eigenvalue weighted by Gasteiger charge is -2.24. The third kappa shape index (κ3) is 2.48. The van der Waals surface area contributed by atoms with E-state index in [0.717, 1.165) is 6.42 Å². The largest absolute Gasteiger partial charge is 0.328 e. The van der Waals surface area contributed by atoms with Gasteiger partial charge in [-0.3, -0.25) is 4.79 Å². The zero-order valence-corrected chi connectivity index (χ0v) is 10.3. The van der Waals surface area contributed by atoms with Gasteiger partial charge >= 0.3 is 0 Å². The molecule has 2 rings (SSSR count). The Bertz CT molecular complexity index is 581. The third-order valence-corrected chi connectivity index (χ3v) is 4.65. The summed E-state index contributed by atoms with van der Waals surface area (Å²) in [6.07, 6.45) is 3.90. The molecule has 0 atom stereocenters. The molecular weight excluding hydrogens is 240 g/mol. The minimum absolute atomic E-state index is 0.130. The van der Waals surface area contributed by atoms with Crippen LogP contribution in [0.5, 0.6) is 0 Å². The Labute approximate surface area is 99.8 Å². The molecule has 1 aliphatic heterocycles. The molecule has 1 aromatic rings. The fraction of sp³-hybridized carbons (Fsp3) is 0.364.